The van der Waals surface area contributed by atoms with Crippen LogP contribution < -0.4 is 14.8 Å². The highest BCUT2D eigenvalue weighted by Crippen LogP contribution is 2.25. The van der Waals surface area contributed by atoms with E-state index in [9.17, 15) is 0 Å². The van der Waals surface area contributed by atoms with Crippen LogP contribution in [-0.4, -0.2) is 69.2 Å². The molecule has 1 saturated heterocycles. The number of nitrogens with one attached hydrogen (secondary N) is 1. The number of terminal acetylenes is 1. The standard InChI is InChI=1S/C19H28N4O2.HI/c1-5-9-21-19(20-6-2)23-12-10-22(11-13-23)15-16-14-17(24-3)7-8-18(16)25-4;/h1,7-8,14H,6,9-13,15H2,2-4H3,(H,20,21);1H. The monoisotopic (exact) mass is 472 g/mol. The van der Waals surface area contributed by atoms with Crippen molar-refractivity contribution in [1.82, 2.24) is 15.1 Å². The second kappa shape index (κ2) is 11.9. The molecule has 1 N–H and O–H groups in total. The van der Waals surface area contributed by atoms with E-state index in [4.69, 9.17) is 15.9 Å². The zero-order valence-electron chi connectivity index (χ0n) is 15.8. The molecule has 0 unspecified atom stereocenters. The number of guanidine groups is 1. The molecule has 144 valence electrons. The molecule has 0 spiro atoms. The van der Waals surface area contributed by atoms with E-state index in [1.807, 2.05) is 18.2 Å². The average Bonchev–Trinajstić information content (AvgIpc) is 2.65. The number of aliphatic imine (C=N–C) groups is 1. The molecular weight excluding hydrogens is 443 g/mol. The number of rotatable bonds is 6. The minimum absolute atomic E-state index is 0. The van der Waals surface area contributed by atoms with E-state index in [2.05, 4.69) is 33.0 Å². The first-order chi connectivity index (χ1) is 12.2. The molecule has 26 heavy (non-hydrogen) atoms. The second-order valence-corrected chi connectivity index (χ2v) is 5.82. The topological polar surface area (TPSA) is 49.3 Å². The predicted octanol–water partition coefficient (Wildman–Crippen LogP) is 2.04. The summed E-state index contributed by atoms with van der Waals surface area (Å²) >= 11 is 0. The van der Waals surface area contributed by atoms with Gasteiger partial charge in [-0.05, 0) is 25.1 Å². The Morgan fingerprint density at radius 3 is 2.54 bits per heavy atom. The van der Waals surface area contributed by atoms with E-state index in [0.717, 1.165) is 62.3 Å². The maximum absolute atomic E-state index is 5.48. The summed E-state index contributed by atoms with van der Waals surface area (Å²) in [6.45, 7) is 7.91. The van der Waals surface area contributed by atoms with Gasteiger partial charge in [0, 0.05) is 44.8 Å². The first-order valence-corrected chi connectivity index (χ1v) is 8.61. The smallest absolute Gasteiger partial charge is 0.194 e. The lowest BCUT2D eigenvalue weighted by molar-refractivity contribution is 0.171. The Morgan fingerprint density at radius 1 is 1.23 bits per heavy atom. The number of piperazine rings is 1. The largest absolute Gasteiger partial charge is 0.497 e. The van der Waals surface area contributed by atoms with Crippen molar-refractivity contribution in [3.63, 3.8) is 0 Å². The lowest BCUT2D eigenvalue weighted by Gasteiger charge is -2.36. The summed E-state index contributed by atoms with van der Waals surface area (Å²) in [6, 6.07) is 5.93. The summed E-state index contributed by atoms with van der Waals surface area (Å²) < 4.78 is 10.8. The molecule has 6 nitrogen and oxygen atoms in total. The fourth-order valence-electron chi connectivity index (χ4n) is 2.91. The molecule has 1 aliphatic heterocycles. The minimum Gasteiger partial charge on any atom is -0.497 e. The van der Waals surface area contributed by atoms with Crippen LogP contribution >= 0.6 is 24.0 Å². The Labute approximate surface area is 174 Å². The molecular formula is C19H29IN4O2. The third kappa shape index (κ3) is 6.25. The van der Waals surface area contributed by atoms with Crippen molar-refractivity contribution in [3.8, 4) is 23.8 Å². The lowest BCUT2D eigenvalue weighted by Crippen LogP contribution is -2.52. The van der Waals surface area contributed by atoms with Crippen molar-refractivity contribution in [2.45, 2.75) is 13.5 Å². The lowest BCUT2D eigenvalue weighted by atomic mass is 10.1. The molecule has 0 bridgehead atoms. The molecule has 1 aliphatic rings. The Hall–Kier alpha value is -1.66. The highest BCUT2D eigenvalue weighted by Gasteiger charge is 2.20. The summed E-state index contributed by atoms with van der Waals surface area (Å²) in [7, 11) is 3.38. The first kappa shape index (κ1) is 22.4. The minimum atomic E-state index is 0. The molecule has 1 aromatic carbocycles. The van der Waals surface area contributed by atoms with Crippen LogP contribution in [0.5, 0.6) is 11.5 Å². The van der Waals surface area contributed by atoms with Gasteiger partial charge in [0.2, 0.25) is 0 Å². The fourth-order valence-corrected chi connectivity index (χ4v) is 2.91. The van der Waals surface area contributed by atoms with Crippen LogP contribution in [-0.2, 0) is 6.54 Å². The maximum Gasteiger partial charge on any atom is 0.194 e. The summed E-state index contributed by atoms with van der Waals surface area (Å²) in [5.41, 5.74) is 1.14. The van der Waals surface area contributed by atoms with Crippen molar-refractivity contribution < 1.29 is 9.47 Å². The van der Waals surface area contributed by atoms with Gasteiger partial charge in [-0.2, -0.15) is 0 Å². The number of ether oxygens (including phenoxy) is 2. The van der Waals surface area contributed by atoms with Gasteiger partial charge in [0.1, 0.15) is 18.0 Å². The van der Waals surface area contributed by atoms with Crippen LogP contribution in [0.3, 0.4) is 0 Å². The van der Waals surface area contributed by atoms with Crippen molar-refractivity contribution in [2.75, 3.05) is 53.5 Å². The van der Waals surface area contributed by atoms with Crippen LogP contribution in [0.25, 0.3) is 0 Å². The summed E-state index contributed by atoms with van der Waals surface area (Å²) in [6.07, 6.45) is 5.33. The average molecular weight is 472 g/mol. The number of hydrogen-bond acceptors (Lipinski definition) is 4. The molecule has 0 amide bonds. The predicted molar refractivity (Wildman–Crippen MR) is 117 cm³/mol. The maximum atomic E-state index is 5.48. The molecule has 0 atom stereocenters. The van der Waals surface area contributed by atoms with Crippen LogP contribution in [0.2, 0.25) is 0 Å². The molecule has 1 aromatic rings. The number of methoxy groups -OCH3 is 2. The van der Waals surface area contributed by atoms with Crippen LogP contribution in [0.4, 0.5) is 0 Å². The normalized spacial score (nSPS) is 15.0. The Kier molecular flexibility index (Phi) is 10.2. The zero-order chi connectivity index (χ0) is 18.1. The van der Waals surface area contributed by atoms with Gasteiger partial charge in [-0.3, -0.25) is 4.90 Å². The molecule has 0 aliphatic carbocycles. The van der Waals surface area contributed by atoms with Crippen LogP contribution in [0.1, 0.15) is 12.5 Å². The quantitative estimate of drug-likeness (QED) is 0.297. The van der Waals surface area contributed by atoms with Crippen molar-refractivity contribution >= 4 is 29.9 Å². The number of hydrogen-bond donors (Lipinski definition) is 1. The van der Waals surface area contributed by atoms with Gasteiger partial charge in [-0.15, -0.1) is 30.4 Å². The van der Waals surface area contributed by atoms with Crippen molar-refractivity contribution in [3.05, 3.63) is 23.8 Å². The van der Waals surface area contributed by atoms with Gasteiger partial charge in [-0.1, -0.05) is 5.92 Å². The molecule has 7 heteroatoms. The fraction of sp³-hybridized carbons (Fsp3) is 0.526. The van der Waals surface area contributed by atoms with Gasteiger partial charge in [-0.25, -0.2) is 4.99 Å². The summed E-state index contributed by atoms with van der Waals surface area (Å²) in [5, 5.41) is 3.31. The molecule has 0 radical (unpaired) electrons. The summed E-state index contributed by atoms with van der Waals surface area (Å²) in [4.78, 5) is 9.13. The van der Waals surface area contributed by atoms with Gasteiger partial charge in [0.25, 0.3) is 0 Å². The van der Waals surface area contributed by atoms with E-state index in [1.54, 1.807) is 14.2 Å². The Bertz CT molecular complexity index is 622. The second-order valence-electron chi connectivity index (χ2n) is 5.82. The van der Waals surface area contributed by atoms with Crippen LogP contribution in [0.15, 0.2) is 23.2 Å². The number of benzene rings is 1. The van der Waals surface area contributed by atoms with Crippen LogP contribution in [0, 0.1) is 12.3 Å². The van der Waals surface area contributed by atoms with Crippen molar-refractivity contribution in [2.24, 2.45) is 4.99 Å². The first-order valence-electron chi connectivity index (χ1n) is 8.61. The van der Waals surface area contributed by atoms with Gasteiger partial charge in [0.05, 0.1) is 14.2 Å². The van der Waals surface area contributed by atoms with E-state index in [1.165, 1.54) is 0 Å². The zero-order valence-corrected chi connectivity index (χ0v) is 18.2. The van der Waals surface area contributed by atoms with Crippen molar-refractivity contribution in [1.29, 1.82) is 0 Å². The molecule has 0 aromatic heterocycles. The molecule has 0 saturated carbocycles. The van der Waals surface area contributed by atoms with E-state index in [-0.39, 0.29) is 24.0 Å². The third-order valence-corrected chi connectivity index (χ3v) is 4.21. The van der Waals surface area contributed by atoms with Gasteiger partial charge in [0.15, 0.2) is 5.96 Å². The number of nitrogens with zero attached hydrogens (tertiary/aromatic N) is 3. The van der Waals surface area contributed by atoms with E-state index in [0.29, 0.717) is 6.54 Å². The van der Waals surface area contributed by atoms with E-state index >= 15 is 0 Å². The van der Waals surface area contributed by atoms with Gasteiger partial charge < -0.3 is 19.7 Å². The summed E-state index contributed by atoms with van der Waals surface area (Å²) in [5.74, 6) is 5.22. The highest BCUT2D eigenvalue weighted by molar-refractivity contribution is 14.0. The van der Waals surface area contributed by atoms with Gasteiger partial charge >= 0.3 is 0 Å². The third-order valence-electron chi connectivity index (χ3n) is 4.21. The highest BCUT2D eigenvalue weighted by atomic mass is 127. The molecule has 1 heterocycles. The molecule has 2 rings (SSSR count). The number of halogens is 1. The SMILES string of the molecule is C#CCN=C(NCC)N1CCN(Cc2cc(OC)ccc2OC)CC1.I. The molecule has 1 fully saturated rings. The Balaban J connectivity index is 0.00000338. The van der Waals surface area contributed by atoms with E-state index < -0.39 is 0 Å². The Morgan fingerprint density at radius 2 is 1.96 bits per heavy atom.